The molecule has 0 aliphatic heterocycles. The van der Waals surface area contributed by atoms with Crippen LogP contribution >= 0.6 is 0 Å². The molecule has 0 bridgehead atoms. The molecule has 0 saturated heterocycles. The highest BCUT2D eigenvalue weighted by Gasteiger charge is 2.10. The van der Waals surface area contributed by atoms with Crippen molar-refractivity contribution in [2.75, 3.05) is 0 Å². The van der Waals surface area contributed by atoms with E-state index < -0.39 is 11.6 Å². The number of hydrogen-bond acceptors (Lipinski definition) is 1. The van der Waals surface area contributed by atoms with Crippen molar-refractivity contribution in [2.24, 2.45) is 0 Å². The molecule has 1 heterocycles. The fourth-order valence-corrected chi connectivity index (χ4v) is 1.96. The fraction of sp³-hybridized carbons (Fsp3) is 0. The monoisotopic (exact) mass is 274 g/mol. The molecule has 100 valence electrons. The summed E-state index contributed by atoms with van der Waals surface area (Å²) in [6.07, 6.45) is 2.93. The van der Waals surface area contributed by atoms with Gasteiger partial charge in [0.15, 0.2) is 5.82 Å². The van der Waals surface area contributed by atoms with Crippen LogP contribution in [-0.4, -0.2) is 9.78 Å². The Labute approximate surface area is 113 Å². The first-order chi connectivity index (χ1) is 9.65. The molecule has 0 aliphatic carbocycles. The predicted octanol–water partition coefficient (Wildman–Crippen LogP) is 3.96. The van der Waals surface area contributed by atoms with Crippen LogP contribution in [-0.2, 0) is 0 Å². The number of benzene rings is 2. The van der Waals surface area contributed by atoms with Gasteiger partial charge in [0.05, 0.1) is 6.20 Å². The first kappa shape index (κ1) is 12.5. The molecule has 5 heteroatoms. The molecular weight excluding hydrogens is 265 g/mol. The largest absolute Gasteiger partial charge is 0.237 e. The van der Waals surface area contributed by atoms with Gasteiger partial charge in [0, 0.05) is 23.4 Å². The van der Waals surface area contributed by atoms with E-state index in [1.165, 1.54) is 29.2 Å². The predicted molar refractivity (Wildman–Crippen MR) is 68.9 cm³/mol. The van der Waals surface area contributed by atoms with Crippen molar-refractivity contribution in [1.82, 2.24) is 9.78 Å². The van der Waals surface area contributed by atoms with Crippen LogP contribution in [0.5, 0.6) is 0 Å². The molecule has 0 amide bonds. The summed E-state index contributed by atoms with van der Waals surface area (Å²) >= 11 is 0. The maximum atomic E-state index is 13.7. The number of aromatic nitrogens is 2. The van der Waals surface area contributed by atoms with E-state index in [1.54, 1.807) is 18.2 Å². The lowest BCUT2D eigenvalue weighted by Crippen LogP contribution is -1.98. The van der Waals surface area contributed by atoms with Gasteiger partial charge in [-0.05, 0) is 18.2 Å². The van der Waals surface area contributed by atoms with Gasteiger partial charge in [-0.25, -0.2) is 17.9 Å². The van der Waals surface area contributed by atoms with Crippen molar-refractivity contribution in [3.05, 3.63) is 72.3 Å². The number of rotatable bonds is 2. The molecule has 0 spiro atoms. The summed E-state index contributed by atoms with van der Waals surface area (Å²) in [5.41, 5.74) is 1.00. The first-order valence-corrected chi connectivity index (χ1v) is 5.90. The van der Waals surface area contributed by atoms with Gasteiger partial charge in [0.1, 0.15) is 17.3 Å². The van der Waals surface area contributed by atoms with Crippen molar-refractivity contribution >= 4 is 0 Å². The minimum atomic E-state index is -0.729. The van der Waals surface area contributed by atoms with Crippen LogP contribution in [0.2, 0.25) is 0 Å². The van der Waals surface area contributed by atoms with E-state index >= 15 is 0 Å². The molecule has 3 aromatic rings. The minimum Gasteiger partial charge on any atom is -0.237 e. The van der Waals surface area contributed by atoms with Gasteiger partial charge < -0.3 is 0 Å². The van der Waals surface area contributed by atoms with Crippen molar-refractivity contribution in [1.29, 1.82) is 0 Å². The number of hydrogen-bond donors (Lipinski definition) is 0. The van der Waals surface area contributed by atoms with E-state index in [0.29, 0.717) is 11.1 Å². The maximum absolute atomic E-state index is 13.7. The van der Waals surface area contributed by atoms with Gasteiger partial charge in [0.25, 0.3) is 0 Å². The molecule has 20 heavy (non-hydrogen) atoms. The summed E-state index contributed by atoms with van der Waals surface area (Å²) < 4.78 is 41.4. The van der Waals surface area contributed by atoms with Crippen LogP contribution in [0.25, 0.3) is 16.8 Å². The normalized spacial score (nSPS) is 10.8. The van der Waals surface area contributed by atoms with Crippen LogP contribution in [0.4, 0.5) is 13.2 Å². The van der Waals surface area contributed by atoms with Crippen LogP contribution < -0.4 is 0 Å². The zero-order valence-corrected chi connectivity index (χ0v) is 10.2. The molecule has 0 fully saturated rings. The third kappa shape index (κ3) is 2.18. The van der Waals surface area contributed by atoms with Gasteiger partial charge in [-0.15, -0.1) is 0 Å². The van der Waals surface area contributed by atoms with E-state index in [9.17, 15) is 13.2 Å². The molecule has 3 rings (SSSR count). The summed E-state index contributed by atoms with van der Waals surface area (Å²) in [6.45, 7) is 0. The van der Waals surface area contributed by atoms with Crippen molar-refractivity contribution in [3.8, 4) is 16.8 Å². The van der Waals surface area contributed by atoms with E-state index in [-0.39, 0.29) is 11.5 Å². The number of halogens is 3. The zero-order chi connectivity index (χ0) is 14.1. The summed E-state index contributed by atoms with van der Waals surface area (Å²) in [5.74, 6) is -1.77. The summed E-state index contributed by atoms with van der Waals surface area (Å²) in [6, 6.07) is 9.44. The highest BCUT2D eigenvalue weighted by atomic mass is 19.1. The first-order valence-electron chi connectivity index (χ1n) is 5.90. The highest BCUT2D eigenvalue weighted by Crippen LogP contribution is 2.23. The van der Waals surface area contributed by atoms with Gasteiger partial charge in [-0.2, -0.15) is 5.10 Å². The molecule has 2 aromatic carbocycles. The molecule has 0 unspecified atom stereocenters. The highest BCUT2D eigenvalue weighted by molar-refractivity contribution is 5.62. The molecule has 0 atom stereocenters. The van der Waals surface area contributed by atoms with Crippen LogP contribution in [0.15, 0.2) is 54.9 Å². The molecular formula is C15H9F3N2. The lowest BCUT2D eigenvalue weighted by molar-refractivity contribution is 0.573. The maximum Gasteiger partial charge on any atom is 0.151 e. The molecule has 1 aromatic heterocycles. The zero-order valence-electron chi connectivity index (χ0n) is 10.2. The molecule has 0 radical (unpaired) electrons. The van der Waals surface area contributed by atoms with Gasteiger partial charge >= 0.3 is 0 Å². The molecule has 2 nitrogen and oxygen atoms in total. The van der Waals surface area contributed by atoms with Crippen molar-refractivity contribution in [2.45, 2.75) is 0 Å². The summed E-state index contributed by atoms with van der Waals surface area (Å²) in [7, 11) is 0. The second-order valence-corrected chi connectivity index (χ2v) is 4.25. The van der Waals surface area contributed by atoms with Crippen LogP contribution in [0.3, 0.4) is 0 Å². The Balaban J connectivity index is 2.04. The van der Waals surface area contributed by atoms with Crippen LogP contribution in [0, 0.1) is 17.5 Å². The standard InChI is InChI=1S/C15H9F3N2/c16-11-5-6-15(14(18)7-11)20-9-10(8-19-20)12-3-1-2-4-13(12)17/h1-9H. The molecule has 0 N–H and O–H groups in total. The Morgan fingerprint density at radius 1 is 0.900 bits per heavy atom. The number of nitrogens with zero attached hydrogens (tertiary/aromatic N) is 2. The van der Waals surface area contributed by atoms with Gasteiger partial charge in [-0.1, -0.05) is 18.2 Å². The average Bonchev–Trinajstić information content (AvgIpc) is 2.88. The van der Waals surface area contributed by atoms with Gasteiger partial charge in [-0.3, -0.25) is 0 Å². The topological polar surface area (TPSA) is 17.8 Å². The van der Waals surface area contributed by atoms with E-state index in [4.69, 9.17) is 0 Å². The van der Waals surface area contributed by atoms with Crippen LogP contribution in [0.1, 0.15) is 0 Å². The third-order valence-corrected chi connectivity index (χ3v) is 2.92. The van der Waals surface area contributed by atoms with Crippen molar-refractivity contribution in [3.63, 3.8) is 0 Å². The SMILES string of the molecule is Fc1ccc(-n2cc(-c3ccccc3F)cn2)c(F)c1. The summed E-state index contributed by atoms with van der Waals surface area (Å²) in [5, 5.41) is 3.98. The lowest BCUT2D eigenvalue weighted by Gasteiger charge is -2.02. The Morgan fingerprint density at radius 2 is 1.70 bits per heavy atom. The van der Waals surface area contributed by atoms with Crippen molar-refractivity contribution < 1.29 is 13.2 Å². The summed E-state index contributed by atoms with van der Waals surface area (Å²) in [4.78, 5) is 0. The smallest absolute Gasteiger partial charge is 0.151 e. The van der Waals surface area contributed by atoms with E-state index in [2.05, 4.69) is 5.10 Å². The molecule has 0 aliphatic rings. The Morgan fingerprint density at radius 3 is 2.45 bits per heavy atom. The second kappa shape index (κ2) is 4.85. The Kier molecular flexibility index (Phi) is 3.02. The fourth-order valence-electron chi connectivity index (χ4n) is 1.96. The quantitative estimate of drug-likeness (QED) is 0.691. The van der Waals surface area contributed by atoms with E-state index in [1.807, 2.05) is 0 Å². The Bertz CT molecular complexity index is 765. The second-order valence-electron chi connectivity index (χ2n) is 4.25. The van der Waals surface area contributed by atoms with E-state index in [0.717, 1.165) is 12.1 Å². The lowest BCUT2D eigenvalue weighted by atomic mass is 10.1. The Hall–Kier alpha value is -2.56. The molecule has 0 saturated carbocycles. The average molecular weight is 274 g/mol. The van der Waals surface area contributed by atoms with Gasteiger partial charge in [0.2, 0.25) is 0 Å². The third-order valence-electron chi connectivity index (χ3n) is 2.92. The minimum absolute atomic E-state index is 0.106.